The topological polar surface area (TPSA) is 48.9 Å². The summed E-state index contributed by atoms with van der Waals surface area (Å²) in [4.78, 5) is 7.55. The molecular formula is C23H39IN4O. The van der Waals surface area contributed by atoms with Crippen molar-refractivity contribution in [1.82, 2.24) is 15.5 Å². The molecule has 0 aromatic heterocycles. The minimum Gasteiger partial charge on any atom is -0.385 e. The Bertz CT molecular complexity index is 621. The molecule has 2 unspecified atom stereocenters. The number of guanidine groups is 1. The lowest BCUT2D eigenvalue weighted by atomic mass is 9.67. The van der Waals surface area contributed by atoms with E-state index in [1.54, 1.807) is 7.11 Å². The fraction of sp³-hybridized carbons (Fsp3) is 0.696. The molecule has 1 saturated heterocycles. The van der Waals surface area contributed by atoms with E-state index in [1.165, 1.54) is 24.8 Å². The molecule has 1 aromatic carbocycles. The van der Waals surface area contributed by atoms with Crippen molar-refractivity contribution in [3.05, 3.63) is 35.9 Å². The van der Waals surface area contributed by atoms with E-state index in [0.29, 0.717) is 17.5 Å². The Morgan fingerprint density at radius 2 is 2.03 bits per heavy atom. The van der Waals surface area contributed by atoms with Crippen LogP contribution in [-0.2, 0) is 11.3 Å². The van der Waals surface area contributed by atoms with E-state index in [9.17, 15) is 0 Å². The second-order valence-electron chi connectivity index (χ2n) is 8.63. The van der Waals surface area contributed by atoms with Gasteiger partial charge in [-0.3, -0.25) is 9.89 Å². The zero-order valence-corrected chi connectivity index (χ0v) is 20.7. The van der Waals surface area contributed by atoms with Crippen molar-refractivity contribution in [1.29, 1.82) is 0 Å². The van der Waals surface area contributed by atoms with Crippen LogP contribution in [0.25, 0.3) is 0 Å². The average Bonchev–Trinajstić information content (AvgIpc) is 3.00. The fourth-order valence-corrected chi connectivity index (χ4v) is 4.48. The fourth-order valence-electron chi connectivity index (χ4n) is 4.48. The van der Waals surface area contributed by atoms with Gasteiger partial charge in [0.15, 0.2) is 5.96 Å². The highest BCUT2D eigenvalue weighted by Gasteiger charge is 2.36. The minimum atomic E-state index is 0. The number of likely N-dealkylation sites (tertiary alicyclic amines) is 1. The van der Waals surface area contributed by atoms with Gasteiger partial charge < -0.3 is 15.4 Å². The van der Waals surface area contributed by atoms with Crippen LogP contribution in [0.1, 0.15) is 51.5 Å². The van der Waals surface area contributed by atoms with Crippen LogP contribution < -0.4 is 10.6 Å². The highest BCUT2D eigenvalue weighted by Crippen LogP contribution is 2.44. The van der Waals surface area contributed by atoms with E-state index < -0.39 is 0 Å². The largest absolute Gasteiger partial charge is 0.385 e. The van der Waals surface area contributed by atoms with Crippen LogP contribution in [0.2, 0.25) is 0 Å². The molecular weight excluding hydrogens is 475 g/mol. The molecule has 0 radical (unpaired) electrons. The molecule has 1 aliphatic carbocycles. The summed E-state index contributed by atoms with van der Waals surface area (Å²) >= 11 is 0. The quantitative estimate of drug-likeness (QED) is 0.297. The lowest BCUT2D eigenvalue weighted by Crippen LogP contribution is -2.45. The van der Waals surface area contributed by atoms with Gasteiger partial charge in [-0.1, -0.05) is 36.8 Å². The van der Waals surface area contributed by atoms with E-state index in [2.05, 4.69) is 59.7 Å². The third kappa shape index (κ3) is 7.10. The number of benzene rings is 1. The Balaban J connectivity index is 0.00000300. The third-order valence-corrected chi connectivity index (χ3v) is 6.44. The summed E-state index contributed by atoms with van der Waals surface area (Å²) in [5.74, 6) is 0.977. The van der Waals surface area contributed by atoms with Crippen molar-refractivity contribution in [3.8, 4) is 0 Å². The summed E-state index contributed by atoms with van der Waals surface area (Å²) in [5, 5.41) is 7.16. The SMILES string of the molecule is CCNC(=NCC1(CCOC)CCC1)NC1CC(C)N(Cc2ccccc2)C1.I. The van der Waals surface area contributed by atoms with Crippen molar-refractivity contribution in [2.24, 2.45) is 10.4 Å². The number of hydrogen-bond donors (Lipinski definition) is 2. The molecule has 0 amide bonds. The van der Waals surface area contributed by atoms with Crippen LogP contribution in [0.15, 0.2) is 35.3 Å². The van der Waals surface area contributed by atoms with E-state index in [0.717, 1.165) is 51.6 Å². The van der Waals surface area contributed by atoms with E-state index in [4.69, 9.17) is 9.73 Å². The van der Waals surface area contributed by atoms with Gasteiger partial charge >= 0.3 is 0 Å². The second kappa shape index (κ2) is 12.1. The predicted octanol–water partition coefficient (Wildman–Crippen LogP) is 4.03. The van der Waals surface area contributed by atoms with Crippen LogP contribution in [0.3, 0.4) is 0 Å². The van der Waals surface area contributed by atoms with E-state index in [1.807, 2.05) is 0 Å². The van der Waals surface area contributed by atoms with Gasteiger partial charge in [0.1, 0.15) is 0 Å². The average molecular weight is 514 g/mol. The molecule has 3 rings (SSSR count). The van der Waals surface area contributed by atoms with Gasteiger partial charge in [0, 0.05) is 52.0 Å². The van der Waals surface area contributed by atoms with Gasteiger partial charge in [-0.05, 0) is 50.5 Å². The summed E-state index contributed by atoms with van der Waals surface area (Å²) in [7, 11) is 1.80. The maximum atomic E-state index is 5.32. The van der Waals surface area contributed by atoms with Crippen molar-refractivity contribution in [2.45, 2.75) is 64.6 Å². The zero-order valence-electron chi connectivity index (χ0n) is 18.3. The zero-order chi connectivity index (χ0) is 19.8. The van der Waals surface area contributed by atoms with Crippen LogP contribution in [0, 0.1) is 5.41 Å². The molecule has 1 saturated carbocycles. The first-order chi connectivity index (χ1) is 13.6. The van der Waals surface area contributed by atoms with Gasteiger partial charge in [0.05, 0.1) is 0 Å². The van der Waals surface area contributed by atoms with Gasteiger partial charge in [0.2, 0.25) is 0 Å². The number of nitrogens with zero attached hydrogens (tertiary/aromatic N) is 2. The number of hydrogen-bond acceptors (Lipinski definition) is 3. The first-order valence-corrected chi connectivity index (χ1v) is 11.0. The van der Waals surface area contributed by atoms with Crippen LogP contribution in [0.5, 0.6) is 0 Å². The Morgan fingerprint density at radius 3 is 2.66 bits per heavy atom. The smallest absolute Gasteiger partial charge is 0.191 e. The van der Waals surface area contributed by atoms with Gasteiger partial charge in [0.25, 0.3) is 0 Å². The summed E-state index contributed by atoms with van der Waals surface area (Å²) in [5.41, 5.74) is 1.75. The highest BCUT2D eigenvalue weighted by atomic mass is 127. The number of rotatable bonds is 9. The normalized spacial score (nSPS) is 23.9. The maximum Gasteiger partial charge on any atom is 0.191 e. The predicted molar refractivity (Wildman–Crippen MR) is 132 cm³/mol. The molecule has 2 aliphatic rings. The molecule has 1 aromatic rings. The lowest BCUT2D eigenvalue weighted by molar-refractivity contribution is 0.0778. The summed E-state index contributed by atoms with van der Waals surface area (Å²) in [6.45, 7) is 9.20. The van der Waals surface area contributed by atoms with Crippen LogP contribution in [-0.4, -0.2) is 56.3 Å². The molecule has 5 nitrogen and oxygen atoms in total. The molecule has 1 aliphatic heterocycles. The summed E-state index contributed by atoms with van der Waals surface area (Å²) < 4.78 is 5.32. The number of halogens is 1. The minimum absolute atomic E-state index is 0. The Labute approximate surface area is 194 Å². The molecule has 2 fully saturated rings. The van der Waals surface area contributed by atoms with E-state index >= 15 is 0 Å². The molecule has 2 atom stereocenters. The van der Waals surface area contributed by atoms with E-state index in [-0.39, 0.29) is 24.0 Å². The molecule has 2 N–H and O–H groups in total. The number of nitrogens with one attached hydrogen (secondary N) is 2. The Kier molecular flexibility index (Phi) is 10.2. The number of methoxy groups -OCH3 is 1. The standard InChI is InChI=1S/C23H38N4O.HI/c1-4-24-22(25-18-23(11-8-12-23)13-14-28-3)26-21-15-19(2)27(17-21)16-20-9-6-5-7-10-20;/h5-7,9-10,19,21H,4,8,11-18H2,1-3H3,(H2,24,25,26);1H. The van der Waals surface area contributed by atoms with Crippen molar-refractivity contribution < 1.29 is 4.74 Å². The molecule has 164 valence electrons. The molecule has 0 spiro atoms. The molecule has 1 heterocycles. The number of aliphatic imine (C=N–C) groups is 1. The first-order valence-electron chi connectivity index (χ1n) is 11.0. The van der Waals surface area contributed by atoms with Crippen molar-refractivity contribution in [3.63, 3.8) is 0 Å². The Hall–Kier alpha value is -0.860. The van der Waals surface area contributed by atoms with Gasteiger partial charge in [-0.25, -0.2) is 0 Å². The van der Waals surface area contributed by atoms with Gasteiger partial charge in [-0.15, -0.1) is 24.0 Å². The van der Waals surface area contributed by atoms with Crippen molar-refractivity contribution >= 4 is 29.9 Å². The highest BCUT2D eigenvalue weighted by molar-refractivity contribution is 14.0. The number of ether oxygens (including phenoxy) is 1. The summed E-state index contributed by atoms with van der Waals surface area (Å²) in [6.07, 6.45) is 6.18. The Morgan fingerprint density at radius 1 is 1.28 bits per heavy atom. The lowest BCUT2D eigenvalue weighted by Gasteiger charge is -2.41. The first kappa shape index (κ1) is 24.4. The second-order valence-corrected chi connectivity index (χ2v) is 8.63. The third-order valence-electron chi connectivity index (χ3n) is 6.44. The van der Waals surface area contributed by atoms with Crippen LogP contribution in [0.4, 0.5) is 0 Å². The van der Waals surface area contributed by atoms with Gasteiger partial charge in [-0.2, -0.15) is 0 Å². The molecule has 29 heavy (non-hydrogen) atoms. The maximum absolute atomic E-state index is 5.32. The molecule has 6 heteroatoms. The molecule has 0 bridgehead atoms. The van der Waals surface area contributed by atoms with Crippen LogP contribution >= 0.6 is 24.0 Å². The van der Waals surface area contributed by atoms with Crippen molar-refractivity contribution in [2.75, 3.05) is 33.4 Å². The monoisotopic (exact) mass is 514 g/mol. The summed E-state index contributed by atoms with van der Waals surface area (Å²) in [6, 6.07) is 11.8.